The molecule has 51 heavy (non-hydrogen) atoms. The average molecular weight is 695 g/mol. The van der Waals surface area contributed by atoms with Gasteiger partial charge in [0.05, 0.1) is 11.0 Å². The highest BCUT2D eigenvalue weighted by Gasteiger charge is 2.22. The maximum Gasteiger partial charge on any atom is 0.0541 e. The van der Waals surface area contributed by atoms with E-state index in [2.05, 4.69) is 148 Å². The third-order valence-corrected chi connectivity index (χ3v) is 12.1. The minimum atomic E-state index is 0.0828. The van der Waals surface area contributed by atoms with E-state index in [-0.39, 0.29) is 10.8 Å². The van der Waals surface area contributed by atoms with Crippen molar-refractivity contribution in [3.8, 4) is 16.1 Å². The van der Waals surface area contributed by atoms with Gasteiger partial charge < -0.3 is 9.13 Å². The molecule has 0 amide bonds. The lowest BCUT2D eigenvalue weighted by atomic mass is 9.85. The van der Waals surface area contributed by atoms with E-state index in [1.54, 1.807) is 0 Å². The molecule has 0 atom stereocenters. The number of unbranched alkanes of at least 4 members (excludes halogenated alkanes) is 9. The van der Waals surface area contributed by atoms with Crippen LogP contribution in [0.15, 0.2) is 90.3 Å². The second kappa shape index (κ2) is 14.7. The zero-order chi connectivity index (χ0) is 35.8. The van der Waals surface area contributed by atoms with Gasteiger partial charge in [-0.1, -0.05) is 131 Å². The molecular weight excluding hydrogens is 637 g/mol. The van der Waals surface area contributed by atoms with E-state index >= 15 is 0 Å². The molecule has 0 saturated heterocycles. The fourth-order valence-electron chi connectivity index (χ4n) is 8.06. The summed E-state index contributed by atoms with van der Waals surface area (Å²) in [5.41, 5.74) is 10.7. The third-order valence-electron chi connectivity index (χ3n) is 11.1. The van der Waals surface area contributed by atoms with E-state index < -0.39 is 0 Å². The summed E-state index contributed by atoms with van der Waals surface area (Å²) in [6.45, 7) is 17.3. The van der Waals surface area contributed by atoms with Gasteiger partial charge in [0, 0.05) is 49.7 Å². The summed E-state index contributed by atoms with van der Waals surface area (Å²) < 4.78 is 5.12. The normalized spacial score (nSPS) is 12.7. The van der Waals surface area contributed by atoms with Crippen molar-refractivity contribution < 1.29 is 0 Å². The Labute approximate surface area is 310 Å². The Hall–Kier alpha value is -3.82. The molecule has 4 aromatic carbocycles. The molecule has 0 bridgehead atoms. The van der Waals surface area contributed by atoms with Gasteiger partial charge in [0.2, 0.25) is 0 Å². The fraction of sp³-hybridized carbons (Fsp3) is 0.417. The van der Waals surface area contributed by atoms with Crippen LogP contribution in [-0.2, 0) is 17.4 Å². The molecule has 7 aromatic rings. The SMILES string of the molecule is CCCCCCCCCCCCn1c2ccc(-c3cccs3)cc2c2cc(-n3c4ccc(C(C)(C)C)cc4c4cc(C(C)(C)C)ccc43)ccc21. The van der Waals surface area contributed by atoms with Gasteiger partial charge in [0.15, 0.2) is 0 Å². The number of rotatable bonds is 13. The minimum absolute atomic E-state index is 0.0828. The summed E-state index contributed by atoms with van der Waals surface area (Å²) in [6.07, 6.45) is 13.6. The number of aromatic nitrogens is 2. The first-order valence-electron chi connectivity index (χ1n) is 19.7. The number of nitrogens with zero attached hydrogens (tertiary/aromatic N) is 2. The van der Waals surface area contributed by atoms with E-state index in [0.29, 0.717) is 0 Å². The van der Waals surface area contributed by atoms with Crippen molar-refractivity contribution in [3.05, 3.63) is 101 Å². The molecule has 3 heteroatoms. The molecular formula is C48H58N2S. The number of hydrogen-bond donors (Lipinski definition) is 0. The maximum atomic E-state index is 2.61. The van der Waals surface area contributed by atoms with Gasteiger partial charge in [-0.15, -0.1) is 11.3 Å². The number of fused-ring (bicyclic) bond motifs is 6. The van der Waals surface area contributed by atoms with Crippen molar-refractivity contribution in [2.75, 3.05) is 0 Å². The molecule has 0 N–H and O–H groups in total. The molecule has 266 valence electrons. The first-order valence-corrected chi connectivity index (χ1v) is 20.6. The van der Waals surface area contributed by atoms with Gasteiger partial charge in [0.25, 0.3) is 0 Å². The van der Waals surface area contributed by atoms with Gasteiger partial charge in [-0.3, -0.25) is 0 Å². The summed E-state index contributed by atoms with van der Waals surface area (Å²) in [5.74, 6) is 0. The molecule has 0 unspecified atom stereocenters. The van der Waals surface area contributed by atoms with Crippen LogP contribution in [0.2, 0.25) is 0 Å². The van der Waals surface area contributed by atoms with Crippen LogP contribution in [0, 0.1) is 0 Å². The molecule has 0 radical (unpaired) electrons. The second-order valence-electron chi connectivity index (χ2n) is 17.0. The maximum absolute atomic E-state index is 2.61. The summed E-state index contributed by atoms with van der Waals surface area (Å²) >= 11 is 1.82. The van der Waals surface area contributed by atoms with Crippen LogP contribution in [0.1, 0.15) is 124 Å². The van der Waals surface area contributed by atoms with E-state index in [1.165, 1.54) is 135 Å². The van der Waals surface area contributed by atoms with Crippen molar-refractivity contribution in [1.29, 1.82) is 0 Å². The number of thiophene rings is 1. The standard InChI is InChI=1S/C48H58N2S/c1-8-9-10-11-12-13-14-15-16-17-28-49-42-24-20-34(46-19-18-29-51-46)30-38(42)41-33-37(23-27-43(41)49)50-44-25-21-35(47(2,3)4)31-39(44)40-32-36(48(5,6)7)22-26-45(40)50/h18-27,29-33H,8-17,28H2,1-7H3. The smallest absolute Gasteiger partial charge is 0.0541 e. The van der Waals surface area contributed by atoms with Gasteiger partial charge in [-0.05, 0) is 100.0 Å². The largest absolute Gasteiger partial charge is 0.340 e. The Kier molecular flexibility index (Phi) is 10.2. The summed E-state index contributed by atoms with van der Waals surface area (Å²) in [4.78, 5) is 1.33. The van der Waals surface area contributed by atoms with Crippen LogP contribution in [0.3, 0.4) is 0 Å². The topological polar surface area (TPSA) is 9.86 Å². The molecule has 0 saturated carbocycles. The van der Waals surface area contributed by atoms with Gasteiger partial charge in [-0.25, -0.2) is 0 Å². The molecule has 2 nitrogen and oxygen atoms in total. The molecule has 3 heterocycles. The Morgan fingerprint density at radius 2 is 1.02 bits per heavy atom. The highest BCUT2D eigenvalue weighted by molar-refractivity contribution is 7.13. The van der Waals surface area contributed by atoms with Crippen LogP contribution in [0.4, 0.5) is 0 Å². The Morgan fingerprint density at radius 3 is 1.57 bits per heavy atom. The second-order valence-corrected chi connectivity index (χ2v) is 18.0. The monoisotopic (exact) mass is 694 g/mol. The van der Waals surface area contributed by atoms with Crippen molar-refractivity contribution in [2.45, 2.75) is 130 Å². The first-order chi connectivity index (χ1) is 24.5. The van der Waals surface area contributed by atoms with E-state index in [1.807, 2.05) is 11.3 Å². The van der Waals surface area contributed by atoms with Crippen LogP contribution in [-0.4, -0.2) is 9.13 Å². The van der Waals surface area contributed by atoms with Gasteiger partial charge >= 0.3 is 0 Å². The lowest BCUT2D eigenvalue weighted by Crippen LogP contribution is -2.10. The molecule has 0 aliphatic carbocycles. The molecule has 0 fully saturated rings. The van der Waals surface area contributed by atoms with Crippen molar-refractivity contribution >= 4 is 54.9 Å². The van der Waals surface area contributed by atoms with Crippen LogP contribution < -0.4 is 0 Å². The van der Waals surface area contributed by atoms with E-state index in [0.717, 1.165) is 6.54 Å². The van der Waals surface area contributed by atoms with Crippen LogP contribution in [0.25, 0.3) is 59.7 Å². The zero-order valence-corrected chi connectivity index (χ0v) is 33.1. The number of benzene rings is 4. The Morgan fingerprint density at radius 1 is 0.510 bits per heavy atom. The molecule has 0 spiro atoms. The Balaban J connectivity index is 1.30. The quantitative estimate of drug-likeness (QED) is 0.106. The lowest BCUT2D eigenvalue weighted by Gasteiger charge is -2.19. The average Bonchev–Trinajstić information content (AvgIpc) is 3.83. The molecule has 0 aliphatic rings. The van der Waals surface area contributed by atoms with Crippen LogP contribution in [0.5, 0.6) is 0 Å². The predicted molar refractivity (Wildman–Crippen MR) is 226 cm³/mol. The van der Waals surface area contributed by atoms with Crippen molar-refractivity contribution in [2.24, 2.45) is 0 Å². The zero-order valence-electron chi connectivity index (χ0n) is 32.2. The first kappa shape index (κ1) is 35.6. The summed E-state index contributed by atoms with van der Waals surface area (Å²) in [6, 6.07) is 33.1. The lowest BCUT2D eigenvalue weighted by molar-refractivity contribution is 0.541. The van der Waals surface area contributed by atoms with Gasteiger partial charge in [-0.2, -0.15) is 0 Å². The highest BCUT2D eigenvalue weighted by Crippen LogP contribution is 2.40. The van der Waals surface area contributed by atoms with Crippen LogP contribution >= 0.6 is 11.3 Å². The Bertz CT molecular complexity index is 2190. The molecule has 3 aromatic heterocycles. The van der Waals surface area contributed by atoms with Gasteiger partial charge in [0.1, 0.15) is 0 Å². The number of aryl methyl sites for hydroxylation is 1. The third kappa shape index (κ3) is 7.29. The molecule has 0 aliphatic heterocycles. The summed E-state index contributed by atoms with van der Waals surface area (Å²) in [7, 11) is 0. The predicted octanol–water partition coefficient (Wildman–Crippen LogP) is 15.1. The van der Waals surface area contributed by atoms with E-state index in [4.69, 9.17) is 0 Å². The molecule has 7 rings (SSSR count). The van der Waals surface area contributed by atoms with Crippen molar-refractivity contribution in [3.63, 3.8) is 0 Å². The number of hydrogen-bond acceptors (Lipinski definition) is 1. The summed E-state index contributed by atoms with van der Waals surface area (Å²) in [5, 5.41) is 7.57. The van der Waals surface area contributed by atoms with Crippen molar-refractivity contribution in [1.82, 2.24) is 9.13 Å². The minimum Gasteiger partial charge on any atom is -0.340 e. The fourth-order valence-corrected chi connectivity index (χ4v) is 8.78. The highest BCUT2D eigenvalue weighted by atomic mass is 32.1. The van der Waals surface area contributed by atoms with E-state index in [9.17, 15) is 0 Å².